The third-order valence-electron chi connectivity index (χ3n) is 3.02. The van der Waals surface area contributed by atoms with Crippen molar-refractivity contribution >= 4 is 11.9 Å². The van der Waals surface area contributed by atoms with E-state index in [-0.39, 0.29) is 12.5 Å². The molecule has 2 unspecified atom stereocenters. The molecular weight excluding hydrogens is 212 g/mol. The summed E-state index contributed by atoms with van der Waals surface area (Å²) in [6, 6.07) is 0. The van der Waals surface area contributed by atoms with Gasteiger partial charge in [0.25, 0.3) is 0 Å². The highest BCUT2D eigenvalue weighted by Crippen LogP contribution is 2.22. The molecule has 6 nitrogen and oxygen atoms in total. The SMILES string of the molecule is CCC1(C(=O)NCC(O)C(=O)O)CCCN1. The number of carbonyl (C=O) groups is 2. The van der Waals surface area contributed by atoms with E-state index in [0.29, 0.717) is 6.42 Å². The van der Waals surface area contributed by atoms with Gasteiger partial charge in [-0.25, -0.2) is 4.79 Å². The minimum absolute atomic E-state index is 0.229. The molecule has 4 N–H and O–H groups in total. The number of hydrogen-bond donors (Lipinski definition) is 4. The predicted molar refractivity (Wildman–Crippen MR) is 56.9 cm³/mol. The van der Waals surface area contributed by atoms with Crippen LogP contribution in [0.15, 0.2) is 0 Å². The van der Waals surface area contributed by atoms with Gasteiger partial charge in [0.05, 0.1) is 12.1 Å². The largest absolute Gasteiger partial charge is 0.479 e. The van der Waals surface area contributed by atoms with Crippen LogP contribution < -0.4 is 10.6 Å². The van der Waals surface area contributed by atoms with E-state index in [1.807, 2.05) is 6.92 Å². The fourth-order valence-corrected chi connectivity index (χ4v) is 1.91. The van der Waals surface area contributed by atoms with Crippen molar-refractivity contribution in [2.45, 2.75) is 37.8 Å². The molecule has 0 aromatic heterocycles. The molecule has 1 rings (SSSR count). The molecule has 6 heteroatoms. The summed E-state index contributed by atoms with van der Waals surface area (Å²) in [6.07, 6.45) is 0.794. The average molecular weight is 230 g/mol. The highest BCUT2D eigenvalue weighted by atomic mass is 16.4. The summed E-state index contributed by atoms with van der Waals surface area (Å²) in [5.74, 6) is -1.56. The van der Waals surface area contributed by atoms with Gasteiger partial charge in [-0.2, -0.15) is 0 Å². The Labute approximate surface area is 94.0 Å². The van der Waals surface area contributed by atoms with Crippen LogP contribution in [0, 0.1) is 0 Å². The molecule has 2 atom stereocenters. The van der Waals surface area contributed by atoms with Gasteiger partial charge in [-0.3, -0.25) is 4.79 Å². The first-order valence-electron chi connectivity index (χ1n) is 5.46. The molecule has 0 saturated carbocycles. The smallest absolute Gasteiger partial charge is 0.334 e. The van der Waals surface area contributed by atoms with Gasteiger partial charge in [0.1, 0.15) is 0 Å². The number of rotatable bonds is 5. The normalized spacial score (nSPS) is 26.4. The molecule has 0 bridgehead atoms. The highest BCUT2D eigenvalue weighted by molar-refractivity contribution is 5.87. The second kappa shape index (κ2) is 5.27. The summed E-state index contributed by atoms with van der Waals surface area (Å²) in [5, 5.41) is 23.1. The van der Waals surface area contributed by atoms with E-state index in [1.54, 1.807) is 0 Å². The van der Waals surface area contributed by atoms with Crippen LogP contribution in [-0.2, 0) is 9.59 Å². The van der Waals surface area contributed by atoms with E-state index in [9.17, 15) is 9.59 Å². The summed E-state index contributed by atoms with van der Waals surface area (Å²) in [5.41, 5.74) is -0.585. The second-order valence-corrected chi connectivity index (χ2v) is 4.03. The molecule has 1 aliphatic rings. The van der Waals surface area contributed by atoms with Crippen molar-refractivity contribution in [3.05, 3.63) is 0 Å². The van der Waals surface area contributed by atoms with Crippen molar-refractivity contribution < 1.29 is 19.8 Å². The first-order valence-corrected chi connectivity index (χ1v) is 5.46. The number of aliphatic carboxylic acids is 1. The van der Waals surface area contributed by atoms with E-state index in [0.717, 1.165) is 19.4 Å². The molecular formula is C10H18N2O4. The van der Waals surface area contributed by atoms with Gasteiger partial charge in [0.2, 0.25) is 5.91 Å². The molecule has 1 heterocycles. The molecule has 1 aliphatic heterocycles. The zero-order chi connectivity index (χ0) is 12.2. The van der Waals surface area contributed by atoms with E-state index < -0.39 is 17.6 Å². The number of carboxylic acid groups (broad SMARTS) is 1. The summed E-state index contributed by atoms with van der Waals surface area (Å²) in [6.45, 7) is 2.45. The average Bonchev–Trinajstić information content (AvgIpc) is 2.74. The van der Waals surface area contributed by atoms with E-state index in [4.69, 9.17) is 10.2 Å². The summed E-state index contributed by atoms with van der Waals surface area (Å²) < 4.78 is 0. The predicted octanol–water partition coefficient (Wildman–Crippen LogP) is -0.920. The van der Waals surface area contributed by atoms with Crippen LogP contribution in [0.3, 0.4) is 0 Å². The van der Waals surface area contributed by atoms with Crippen LogP contribution >= 0.6 is 0 Å². The number of nitrogens with one attached hydrogen (secondary N) is 2. The summed E-state index contributed by atoms with van der Waals surface area (Å²) in [7, 11) is 0. The van der Waals surface area contributed by atoms with E-state index >= 15 is 0 Å². The quantitative estimate of drug-likeness (QED) is 0.489. The van der Waals surface area contributed by atoms with Crippen LogP contribution in [0.25, 0.3) is 0 Å². The Morgan fingerprint density at radius 1 is 1.56 bits per heavy atom. The Morgan fingerprint density at radius 2 is 2.25 bits per heavy atom. The molecule has 1 saturated heterocycles. The van der Waals surface area contributed by atoms with Crippen molar-refractivity contribution in [2.75, 3.05) is 13.1 Å². The minimum atomic E-state index is -1.54. The van der Waals surface area contributed by atoms with Gasteiger partial charge >= 0.3 is 5.97 Å². The van der Waals surface area contributed by atoms with Crippen molar-refractivity contribution in [3.8, 4) is 0 Å². The van der Waals surface area contributed by atoms with E-state index in [2.05, 4.69) is 10.6 Å². The van der Waals surface area contributed by atoms with Gasteiger partial charge in [-0.1, -0.05) is 6.92 Å². The molecule has 1 amide bonds. The zero-order valence-electron chi connectivity index (χ0n) is 9.32. The van der Waals surface area contributed by atoms with Gasteiger partial charge in [-0.15, -0.1) is 0 Å². The van der Waals surface area contributed by atoms with Crippen LogP contribution in [0.5, 0.6) is 0 Å². The molecule has 0 radical (unpaired) electrons. The molecule has 0 aromatic rings. The number of carbonyl (C=O) groups excluding carboxylic acids is 1. The zero-order valence-corrected chi connectivity index (χ0v) is 9.32. The van der Waals surface area contributed by atoms with Gasteiger partial charge in [-0.05, 0) is 25.8 Å². The molecule has 0 aromatic carbocycles. The minimum Gasteiger partial charge on any atom is -0.479 e. The van der Waals surface area contributed by atoms with E-state index in [1.165, 1.54) is 0 Å². The number of hydrogen-bond acceptors (Lipinski definition) is 4. The third-order valence-corrected chi connectivity index (χ3v) is 3.02. The first kappa shape index (κ1) is 12.9. The lowest BCUT2D eigenvalue weighted by molar-refractivity contribution is -0.146. The van der Waals surface area contributed by atoms with Crippen LogP contribution in [0.1, 0.15) is 26.2 Å². The van der Waals surface area contributed by atoms with Gasteiger partial charge in [0.15, 0.2) is 6.10 Å². The lowest BCUT2D eigenvalue weighted by atomic mass is 9.93. The summed E-state index contributed by atoms with van der Waals surface area (Å²) >= 11 is 0. The van der Waals surface area contributed by atoms with Gasteiger partial charge < -0.3 is 20.8 Å². The van der Waals surface area contributed by atoms with Crippen molar-refractivity contribution in [3.63, 3.8) is 0 Å². The number of aliphatic hydroxyl groups excluding tert-OH is 1. The van der Waals surface area contributed by atoms with Gasteiger partial charge in [0, 0.05) is 0 Å². The Kier molecular flexibility index (Phi) is 4.26. The standard InChI is InChI=1S/C10H18N2O4/c1-2-10(4-3-5-12-10)9(16)11-6-7(13)8(14)15/h7,12-13H,2-6H2,1H3,(H,11,16)(H,14,15). The number of carboxylic acids is 1. The summed E-state index contributed by atoms with van der Waals surface area (Å²) in [4.78, 5) is 22.2. The fraction of sp³-hybridized carbons (Fsp3) is 0.800. The second-order valence-electron chi connectivity index (χ2n) is 4.03. The maximum atomic E-state index is 11.8. The Hall–Kier alpha value is -1.14. The molecule has 1 fully saturated rings. The molecule has 92 valence electrons. The maximum Gasteiger partial charge on any atom is 0.334 e. The monoisotopic (exact) mass is 230 g/mol. The maximum absolute atomic E-state index is 11.8. The lowest BCUT2D eigenvalue weighted by Crippen LogP contribution is -2.54. The van der Waals surface area contributed by atoms with Crippen LogP contribution in [0.2, 0.25) is 0 Å². The topological polar surface area (TPSA) is 98.7 Å². The number of aliphatic hydroxyl groups is 1. The van der Waals surface area contributed by atoms with Crippen LogP contribution in [-0.4, -0.2) is 46.8 Å². The molecule has 0 aliphatic carbocycles. The Morgan fingerprint density at radius 3 is 2.69 bits per heavy atom. The fourth-order valence-electron chi connectivity index (χ4n) is 1.91. The van der Waals surface area contributed by atoms with Crippen molar-refractivity contribution in [1.82, 2.24) is 10.6 Å². The van der Waals surface area contributed by atoms with Crippen molar-refractivity contribution in [1.29, 1.82) is 0 Å². The Bertz CT molecular complexity index is 274. The first-order chi connectivity index (χ1) is 7.52. The third kappa shape index (κ3) is 2.70. The van der Waals surface area contributed by atoms with Crippen molar-refractivity contribution in [2.24, 2.45) is 0 Å². The highest BCUT2D eigenvalue weighted by Gasteiger charge is 2.39. The van der Waals surface area contributed by atoms with Crippen LogP contribution in [0.4, 0.5) is 0 Å². The molecule has 16 heavy (non-hydrogen) atoms. The number of amides is 1. The lowest BCUT2D eigenvalue weighted by Gasteiger charge is -2.26. The Balaban J connectivity index is 2.48. The molecule has 0 spiro atoms.